The molecular formula is C16H17N3O2. The van der Waals surface area contributed by atoms with Crippen molar-refractivity contribution in [1.82, 2.24) is 4.90 Å². The van der Waals surface area contributed by atoms with Crippen LogP contribution in [-0.2, 0) is 11.3 Å². The minimum atomic E-state index is -0.553. The third-order valence-corrected chi connectivity index (χ3v) is 2.98. The van der Waals surface area contributed by atoms with Gasteiger partial charge in [0.2, 0.25) is 5.91 Å². The van der Waals surface area contributed by atoms with Crippen molar-refractivity contribution in [2.24, 2.45) is 5.73 Å². The van der Waals surface area contributed by atoms with Crippen LogP contribution in [0.4, 0.5) is 5.69 Å². The van der Waals surface area contributed by atoms with Crippen LogP contribution in [0, 0.1) is 0 Å². The maximum Gasteiger partial charge on any atom is 0.254 e. The molecule has 4 N–H and O–H groups in total. The third kappa shape index (κ3) is 4.07. The van der Waals surface area contributed by atoms with E-state index in [2.05, 4.69) is 0 Å². The molecule has 2 amide bonds. The maximum atomic E-state index is 12.5. The fraction of sp³-hybridized carbons (Fsp3) is 0.125. The molecule has 0 fully saturated rings. The van der Waals surface area contributed by atoms with E-state index in [0.717, 1.165) is 5.56 Å². The van der Waals surface area contributed by atoms with Crippen LogP contribution >= 0.6 is 0 Å². The van der Waals surface area contributed by atoms with Gasteiger partial charge in [-0.1, -0.05) is 30.3 Å². The Hall–Kier alpha value is -2.82. The Morgan fingerprint density at radius 3 is 2.33 bits per heavy atom. The fourth-order valence-corrected chi connectivity index (χ4v) is 2.06. The van der Waals surface area contributed by atoms with Crippen molar-refractivity contribution >= 4 is 17.5 Å². The highest BCUT2D eigenvalue weighted by atomic mass is 16.2. The molecule has 0 aliphatic carbocycles. The van der Waals surface area contributed by atoms with Gasteiger partial charge in [-0.05, 0) is 29.8 Å². The Kier molecular flexibility index (Phi) is 4.56. The SMILES string of the molecule is NC(=O)CN(Cc1cccc(N)c1)C(=O)c1ccccc1. The molecule has 21 heavy (non-hydrogen) atoms. The summed E-state index contributed by atoms with van der Waals surface area (Å²) in [4.78, 5) is 25.1. The molecule has 0 aliphatic heterocycles. The minimum Gasteiger partial charge on any atom is -0.399 e. The van der Waals surface area contributed by atoms with E-state index >= 15 is 0 Å². The number of hydrogen-bond donors (Lipinski definition) is 2. The normalized spacial score (nSPS) is 10.1. The molecule has 0 heterocycles. The van der Waals surface area contributed by atoms with Gasteiger partial charge in [-0.2, -0.15) is 0 Å². The predicted molar refractivity (Wildman–Crippen MR) is 81.2 cm³/mol. The van der Waals surface area contributed by atoms with Crippen LogP contribution in [0.5, 0.6) is 0 Å². The highest BCUT2D eigenvalue weighted by Gasteiger charge is 2.17. The van der Waals surface area contributed by atoms with E-state index in [1.54, 1.807) is 42.5 Å². The van der Waals surface area contributed by atoms with Gasteiger partial charge < -0.3 is 16.4 Å². The molecule has 0 unspecified atom stereocenters. The fourth-order valence-electron chi connectivity index (χ4n) is 2.06. The maximum absolute atomic E-state index is 12.5. The molecule has 2 aromatic carbocycles. The molecule has 108 valence electrons. The van der Waals surface area contributed by atoms with Crippen molar-refractivity contribution in [3.8, 4) is 0 Å². The van der Waals surface area contributed by atoms with Crippen LogP contribution in [0.25, 0.3) is 0 Å². The van der Waals surface area contributed by atoms with E-state index in [4.69, 9.17) is 11.5 Å². The molecule has 0 aliphatic rings. The average molecular weight is 283 g/mol. The highest BCUT2D eigenvalue weighted by Crippen LogP contribution is 2.12. The molecule has 0 radical (unpaired) electrons. The van der Waals surface area contributed by atoms with E-state index in [0.29, 0.717) is 11.3 Å². The zero-order chi connectivity index (χ0) is 15.2. The number of nitrogens with zero attached hydrogens (tertiary/aromatic N) is 1. The van der Waals surface area contributed by atoms with Crippen LogP contribution in [-0.4, -0.2) is 23.3 Å². The van der Waals surface area contributed by atoms with Gasteiger partial charge in [0, 0.05) is 17.8 Å². The molecule has 0 bridgehead atoms. The van der Waals surface area contributed by atoms with Gasteiger partial charge in [-0.15, -0.1) is 0 Å². The molecule has 0 spiro atoms. The Balaban J connectivity index is 2.22. The van der Waals surface area contributed by atoms with Crippen LogP contribution in [0.3, 0.4) is 0 Å². The van der Waals surface area contributed by atoms with Gasteiger partial charge in [-0.3, -0.25) is 9.59 Å². The second-order valence-corrected chi connectivity index (χ2v) is 4.74. The Morgan fingerprint density at radius 1 is 1.00 bits per heavy atom. The van der Waals surface area contributed by atoms with Crippen molar-refractivity contribution in [3.63, 3.8) is 0 Å². The van der Waals surface area contributed by atoms with E-state index in [9.17, 15) is 9.59 Å². The van der Waals surface area contributed by atoms with Crippen LogP contribution < -0.4 is 11.5 Å². The third-order valence-electron chi connectivity index (χ3n) is 2.98. The molecule has 2 rings (SSSR count). The van der Waals surface area contributed by atoms with Gasteiger partial charge in [0.1, 0.15) is 0 Å². The first-order valence-electron chi connectivity index (χ1n) is 6.53. The van der Waals surface area contributed by atoms with E-state index < -0.39 is 5.91 Å². The zero-order valence-corrected chi connectivity index (χ0v) is 11.5. The topological polar surface area (TPSA) is 89.4 Å². The van der Waals surface area contributed by atoms with Crippen molar-refractivity contribution in [3.05, 3.63) is 65.7 Å². The molecule has 5 nitrogen and oxygen atoms in total. The summed E-state index contributed by atoms with van der Waals surface area (Å²) in [6, 6.07) is 16.0. The molecule has 0 atom stereocenters. The van der Waals surface area contributed by atoms with Crippen molar-refractivity contribution < 1.29 is 9.59 Å². The van der Waals surface area contributed by atoms with E-state index in [-0.39, 0.29) is 19.0 Å². The summed E-state index contributed by atoms with van der Waals surface area (Å²) in [5.41, 5.74) is 12.9. The van der Waals surface area contributed by atoms with Crippen molar-refractivity contribution in [2.45, 2.75) is 6.54 Å². The predicted octanol–water partition coefficient (Wildman–Crippen LogP) is 1.40. The minimum absolute atomic E-state index is 0.136. The average Bonchev–Trinajstić information content (AvgIpc) is 2.46. The first-order valence-corrected chi connectivity index (χ1v) is 6.53. The zero-order valence-electron chi connectivity index (χ0n) is 11.5. The number of nitrogens with two attached hydrogens (primary N) is 2. The lowest BCUT2D eigenvalue weighted by molar-refractivity contribution is -0.118. The number of benzene rings is 2. The summed E-state index contributed by atoms with van der Waals surface area (Å²) in [6.07, 6.45) is 0. The largest absolute Gasteiger partial charge is 0.399 e. The number of anilines is 1. The summed E-state index contributed by atoms with van der Waals surface area (Å²) in [6.45, 7) is 0.143. The molecule has 0 saturated carbocycles. The molecular weight excluding hydrogens is 266 g/mol. The number of carbonyl (C=O) groups excluding carboxylic acids is 2. The smallest absolute Gasteiger partial charge is 0.254 e. The molecule has 2 aromatic rings. The van der Waals surface area contributed by atoms with Crippen LogP contribution in [0.1, 0.15) is 15.9 Å². The lowest BCUT2D eigenvalue weighted by Gasteiger charge is -2.21. The summed E-state index contributed by atoms with van der Waals surface area (Å²) in [7, 11) is 0. The Morgan fingerprint density at radius 2 is 1.71 bits per heavy atom. The summed E-state index contributed by atoms with van der Waals surface area (Å²) in [5, 5.41) is 0. The molecule has 0 saturated heterocycles. The quantitative estimate of drug-likeness (QED) is 0.813. The van der Waals surface area contributed by atoms with Crippen LogP contribution in [0.2, 0.25) is 0 Å². The summed E-state index contributed by atoms with van der Waals surface area (Å²) >= 11 is 0. The first kappa shape index (κ1) is 14.6. The lowest BCUT2D eigenvalue weighted by atomic mass is 10.1. The lowest BCUT2D eigenvalue weighted by Crippen LogP contribution is -2.38. The highest BCUT2D eigenvalue weighted by molar-refractivity contribution is 5.96. The molecule has 5 heteroatoms. The van der Waals surface area contributed by atoms with Gasteiger partial charge in [0.15, 0.2) is 0 Å². The van der Waals surface area contributed by atoms with Gasteiger partial charge >= 0.3 is 0 Å². The Bertz CT molecular complexity index is 641. The molecule has 0 aromatic heterocycles. The second kappa shape index (κ2) is 6.56. The number of nitrogen functional groups attached to an aromatic ring is 1. The van der Waals surface area contributed by atoms with Gasteiger partial charge in [-0.25, -0.2) is 0 Å². The number of rotatable bonds is 5. The van der Waals surface area contributed by atoms with E-state index in [1.807, 2.05) is 12.1 Å². The van der Waals surface area contributed by atoms with Gasteiger partial charge in [0.25, 0.3) is 5.91 Å². The van der Waals surface area contributed by atoms with E-state index in [1.165, 1.54) is 4.90 Å². The summed E-state index contributed by atoms with van der Waals surface area (Å²) < 4.78 is 0. The van der Waals surface area contributed by atoms with Crippen molar-refractivity contribution in [2.75, 3.05) is 12.3 Å². The standard InChI is InChI=1S/C16H17N3O2/c17-14-8-4-5-12(9-14)10-19(11-15(18)20)16(21)13-6-2-1-3-7-13/h1-9H,10-11,17H2,(H2,18,20). The van der Waals surface area contributed by atoms with Gasteiger partial charge in [0.05, 0.1) is 6.54 Å². The van der Waals surface area contributed by atoms with Crippen molar-refractivity contribution in [1.29, 1.82) is 0 Å². The number of primary amides is 1. The number of amides is 2. The first-order chi connectivity index (χ1) is 10.1. The Labute approximate surface area is 123 Å². The van der Waals surface area contributed by atoms with Crippen LogP contribution in [0.15, 0.2) is 54.6 Å². The summed E-state index contributed by atoms with van der Waals surface area (Å²) in [5.74, 6) is -0.792. The number of hydrogen-bond acceptors (Lipinski definition) is 3. The second-order valence-electron chi connectivity index (χ2n) is 4.74. The monoisotopic (exact) mass is 283 g/mol. The number of carbonyl (C=O) groups is 2.